The number of nitrogen functional groups attached to an aromatic ring is 1. The van der Waals surface area contributed by atoms with Crippen LogP contribution >= 0.6 is 0 Å². The number of nitrogens with zero attached hydrogens (tertiary/aromatic N) is 4. The first kappa shape index (κ1) is 9.60. The SMILES string of the molecule is Cc1cnn(-c2cc(NN)nc(C)n2)c1. The van der Waals surface area contributed by atoms with E-state index in [1.54, 1.807) is 23.9 Å². The molecule has 0 radical (unpaired) electrons. The van der Waals surface area contributed by atoms with Crippen molar-refractivity contribution >= 4 is 5.82 Å². The standard InChI is InChI=1S/C9H12N6/c1-6-4-11-15(5-6)9-3-8(14-10)12-7(2)13-9/h3-5H,10H2,1-2H3,(H,12,13,14). The Kier molecular flexibility index (Phi) is 2.34. The number of anilines is 1. The molecule has 3 N–H and O–H groups in total. The van der Waals surface area contributed by atoms with Gasteiger partial charge in [-0.1, -0.05) is 0 Å². The van der Waals surface area contributed by atoms with E-state index >= 15 is 0 Å². The van der Waals surface area contributed by atoms with Crippen LogP contribution in [-0.4, -0.2) is 19.7 Å². The van der Waals surface area contributed by atoms with Gasteiger partial charge in [-0.15, -0.1) is 0 Å². The molecule has 0 unspecified atom stereocenters. The maximum atomic E-state index is 5.30. The van der Waals surface area contributed by atoms with E-state index in [9.17, 15) is 0 Å². The summed E-state index contributed by atoms with van der Waals surface area (Å²) in [7, 11) is 0. The van der Waals surface area contributed by atoms with Crippen molar-refractivity contribution in [2.24, 2.45) is 5.84 Å². The summed E-state index contributed by atoms with van der Waals surface area (Å²) in [5.74, 6) is 7.22. The molecule has 0 aliphatic rings. The molecule has 78 valence electrons. The third-order valence-corrected chi connectivity index (χ3v) is 1.92. The fourth-order valence-corrected chi connectivity index (χ4v) is 1.28. The third kappa shape index (κ3) is 1.94. The molecule has 2 heterocycles. The van der Waals surface area contributed by atoms with E-state index in [1.165, 1.54) is 0 Å². The molecule has 0 saturated carbocycles. The summed E-state index contributed by atoms with van der Waals surface area (Å²) in [5, 5.41) is 4.16. The number of hydrogen-bond acceptors (Lipinski definition) is 5. The molecule has 0 saturated heterocycles. The van der Waals surface area contributed by atoms with Gasteiger partial charge in [0.05, 0.1) is 6.20 Å². The average molecular weight is 204 g/mol. The van der Waals surface area contributed by atoms with E-state index < -0.39 is 0 Å². The minimum Gasteiger partial charge on any atom is -0.308 e. The maximum Gasteiger partial charge on any atom is 0.159 e. The van der Waals surface area contributed by atoms with Crippen molar-refractivity contribution in [3.05, 3.63) is 29.8 Å². The van der Waals surface area contributed by atoms with E-state index in [2.05, 4.69) is 20.5 Å². The second-order valence-electron chi connectivity index (χ2n) is 3.27. The molecule has 0 bridgehead atoms. The number of aryl methyl sites for hydroxylation is 2. The maximum absolute atomic E-state index is 5.30. The third-order valence-electron chi connectivity index (χ3n) is 1.92. The molecule has 0 aliphatic carbocycles. The zero-order valence-corrected chi connectivity index (χ0v) is 8.60. The predicted octanol–water partition coefficient (Wildman–Crippen LogP) is 0.565. The molecule has 15 heavy (non-hydrogen) atoms. The van der Waals surface area contributed by atoms with E-state index in [1.807, 2.05) is 13.1 Å². The van der Waals surface area contributed by atoms with Gasteiger partial charge >= 0.3 is 0 Å². The van der Waals surface area contributed by atoms with Gasteiger partial charge in [0.2, 0.25) is 0 Å². The number of nitrogens with one attached hydrogen (secondary N) is 1. The van der Waals surface area contributed by atoms with Crippen LogP contribution in [0.1, 0.15) is 11.4 Å². The highest BCUT2D eigenvalue weighted by Gasteiger charge is 2.03. The average Bonchev–Trinajstić information content (AvgIpc) is 2.64. The molecule has 0 amide bonds. The molecule has 0 atom stereocenters. The van der Waals surface area contributed by atoms with Crippen LogP contribution in [0.4, 0.5) is 5.82 Å². The Morgan fingerprint density at radius 2 is 2.13 bits per heavy atom. The number of hydrogen-bond donors (Lipinski definition) is 2. The van der Waals surface area contributed by atoms with Crippen LogP contribution in [0.5, 0.6) is 0 Å². The second-order valence-corrected chi connectivity index (χ2v) is 3.27. The first-order valence-corrected chi connectivity index (χ1v) is 4.53. The molecule has 0 aliphatic heterocycles. The van der Waals surface area contributed by atoms with Gasteiger partial charge in [0.25, 0.3) is 0 Å². The van der Waals surface area contributed by atoms with Crippen molar-refractivity contribution < 1.29 is 0 Å². The molecular formula is C9H12N6. The lowest BCUT2D eigenvalue weighted by atomic mass is 10.4. The number of rotatable bonds is 2. The van der Waals surface area contributed by atoms with Crippen LogP contribution in [0.25, 0.3) is 5.82 Å². The Morgan fingerprint density at radius 3 is 2.73 bits per heavy atom. The van der Waals surface area contributed by atoms with Crippen LogP contribution in [0, 0.1) is 13.8 Å². The van der Waals surface area contributed by atoms with Crippen molar-refractivity contribution in [2.45, 2.75) is 13.8 Å². The minimum atomic E-state index is 0.575. The second kappa shape index (κ2) is 3.66. The highest BCUT2D eigenvalue weighted by Crippen LogP contribution is 2.09. The molecule has 2 aromatic heterocycles. The largest absolute Gasteiger partial charge is 0.308 e. The molecule has 0 fully saturated rings. The van der Waals surface area contributed by atoms with E-state index in [0.29, 0.717) is 17.5 Å². The Balaban J connectivity index is 2.48. The summed E-state index contributed by atoms with van der Waals surface area (Å²) in [6, 6.07) is 1.74. The van der Waals surface area contributed by atoms with Gasteiger partial charge in [-0.2, -0.15) is 5.10 Å². The summed E-state index contributed by atoms with van der Waals surface area (Å²) in [6.07, 6.45) is 3.66. The van der Waals surface area contributed by atoms with E-state index in [4.69, 9.17) is 5.84 Å². The monoisotopic (exact) mass is 204 g/mol. The fraction of sp³-hybridized carbons (Fsp3) is 0.222. The van der Waals surface area contributed by atoms with Crippen molar-refractivity contribution in [1.29, 1.82) is 0 Å². The van der Waals surface area contributed by atoms with Gasteiger partial charge in [-0.3, -0.25) is 0 Å². The Morgan fingerprint density at radius 1 is 1.33 bits per heavy atom. The highest BCUT2D eigenvalue weighted by atomic mass is 15.3. The lowest BCUT2D eigenvalue weighted by Gasteiger charge is -2.04. The minimum absolute atomic E-state index is 0.575. The molecule has 6 nitrogen and oxygen atoms in total. The Labute approximate surface area is 87.1 Å². The summed E-state index contributed by atoms with van der Waals surface area (Å²) < 4.78 is 1.69. The van der Waals surface area contributed by atoms with Gasteiger partial charge in [0.1, 0.15) is 11.6 Å². The lowest BCUT2D eigenvalue weighted by Crippen LogP contribution is -2.11. The van der Waals surface area contributed by atoms with Crippen LogP contribution in [-0.2, 0) is 0 Å². The fourth-order valence-electron chi connectivity index (χ4n) is 1.28. The van der Waals surface area contributed by atoms with Gasteiger partial charge < -0.3 is 5.43 Å². The Hall–Kier alpha value is -1.95. The zero-order chi connectivity index (χ0) is 10.8. The topological polar surface area (TPSA) is 81.7 Å². The molecule has 2 rings (SSSR count). The highest BCUT2D eigenvalue weighted by molar-refractivity contribution is 5.40. The Bertz CT molecular complexity index is 475. The molecule has 0 spiro atoms. The van der Waals surface area contributed by atoms with Gasteiger partial charge in [0, 0.05) is 12.3 Å². The van der Waals surface area contributed by atoms with Crippen LogP contribution in [0.3, 0.4) is 0 Å². The van der Waals surface area contributed by atoms with Crippen LogP contribution in [0.2, 0.25) is 0 Å². The first-order valence-electron chi connectivity index (χ1n) is 4.53. The zero-order valence-electron chi connectivity index (χ0n) is 8.60. The van der Waals surface area contributed by atoms with Gasteiger partial charge in [-0.05, 0) is 19.4 Å². The summed E-state index contributed by atoms with van der Waals surface area (Å²) in [5.41, 5.74) is 3.57. The molecule has 0 aromatic carbocycles. The van der Waals surface area contributed by atoms with Crippen molar-refractivity contribution in [2.75, 3.05) is 5.43 Å². The molecule has 6 heteroatoms. The van der Waals surface area contributed by atoms with Crippen LogP contribution < -0.4 is 11.3 Å². The lowest BCUT2D eigenvalue weighted by molar-refractivity contribution is 0.828. The first-order chi connectivity index (χ1) is 7.19. The smallest absolute Gasteiger partial charge is 0.159 e. The quantitative estimate of drug-likeness (QED) is 0.552. The van der Waals surface area contributed by atoms with Crippen molar-refractivity contribution in [1.82, 2.24) is 19.7 Å². The number of hydrazine groups is 1. The molecule has 2 aromatic rings. The number of nitrogens with two attached hydrogens (primary N) is 1. The summed E-state index contributed by atoms with van der Waals surface area (Å²) in [6.45, 7) is 3.78. The summed E-state index contributed by atoms with van der Waals surface area (Å²) in [4.78, 5) is 8.36. The van der Waals surface area contributed by atoms with Crippen molar-refractivity contribution in [3.63, 3.8) is 0 Å². The van der Waals surface area contributed by atoms with Gasteiger partial charge in [-0.25, -0.2) is 20.5 Å². The van der Waals surface area contributed by atoms with Crippen molar-refractivity contribution in [3.8, 4) is 5.82 Å². The van der Waals surface area contributed by atoms with E-state index in [0.717, 1.165) is 5.56 Å². The van der Waals surface area contributed by atoms with Gasteiger partial charge in [0.15, 0.2) is 5.82 Å². The predicted molar refractivity (Wildman–Crippen MR) is 56.4 cm³/mol. The van der Waals surface area contributed by atoms with E-state index in [-0.39, 0.29) is 0 Å². The molecular weight excluding hydrogens is 192 g/mol. The summed E-state index contributed by atoms with van der Waals surface area (Å²) >= 11 is 0. The normalized spacial score (nSPS) is 10.3. The number of aromatic nitrogens is 4. The van der Waals surface area contributed by atoms with Crippen LogP contribution in [0.15, 0.2) is 18.5 Å².